The average molecular weight is 204 g/mol. The molecule has 1 heterocycles. The molecule has 0 fully saturated rings. The molecule has 2 nitrogen and oxygen atoms in total. The van der Waals surface area contributed by atoms with E-state index < -0.39 is 0 Å². The summed E-state index contributed by atoms with van der Waals surface area (Å²) in [7, 11) is 2.02. The fourth-order valence-corrected chi connectivity index (χ4v) is 1.70. The molecule has 2 heteroatoms. The first-order valence-corrected chi connectivity index (χ1v) is 5.55. The zero-order valence-electron chi connectivity index (χ0n) is 10.1. The van der Waals surface area contributed by atoms with Crippen LogP contribution in [0, 0.1) is 0 Å². The second kappa shape index (κ2) is 4.96. The Kier molecular flexibility index (Phi) is 3.89. The normalized spacial score (nSPS) is 23.6. The first kappa shape index (κ1) is 11.8. The molecule has 0 saturated heterocycles. The van der Waals surface area contributed by atoms with Gasteiger partial charge < -0.3 is 0 Å². The summed E-state index contributed by atoms with van der Waals surface area (Å²) in [5, 5.41) is 6.30. The summed E-state index contributed by atoms with van der Waals surface area (Å²) in [5.74, 6) is 0. The van der Waals surface area contributed by atoms with E-state index in [1.165, 1.54) is 5.56 Å². The van der Waals surface area contributed by atoms with Crippen molar-refractivity contribution >= 4 is 6.21 Å². The lowest BCUT2D eigenvalue weighted by Gasteiger charge is -2.31. The predicted molar refractivity (Wildman–Crippen MR) is 66.0 cm³/mol. The maximum Gasteiger partial charge on any atom is 0.0845 e. The molecule has 0 amide bonds. The standard InChI is InChI=1S/C11H14N2.C2H6/c1-11(8-9-12-13(11)2)10-6-4-3-5-7-10;1-2/h3-7,9H,8H2,1-2H3;1-2H3. The molecule has 0 aromatic heterocycles. The van der Waals surface area contributed by atoms with Crippen molar-refractivity contribution < 1.29 is 0 Å². The lowest BCUT2D eigenvalue weighted by Crippen LogP contribution is -2.33. The SMILES string of the molecule is CC.CN1N=CCC1(C)c1ccccc1. The molecule has 1 aromatic rings. The lowest BCUT2D eigenvalue weighted by atomic mass is 9.90. The summed E-state index contributed by atoms with van der Waals surface area (Å²) in [6.07, 6.45) is 2.97. The molecule has 0 aliphatic carbocycles. The summed E-state index contributed by atoms with van der Waals surface area (Å²) in [6, 6.07) is 10.5. The van der Waals surface area contributed by atoms with Gasteiger partial charge in [0.1, 0.15) is 0 Å². The van der Waals surface area contributed by atoms with Gasteiger partial charge in [-0.3, -0.25) is 5.01 Å². The van der Waals surface area contributed by atoms with Gasteiger partial charge in [-0.2, -0.15) is 5.10 Å². The molecule has 0 saturated carbocycles. The number of nitrogens with zero attached hydrogens (tertiary/aromatic N) is 2. The van der Waals surface area contributed by atoms with Gasteiger partial charge in [0.15, 0.2) is 0 Å². The van der Waals surface area contributed by atoms with Crippen LogP contribution in [0.15, 0.2) is 35.4 Å². The van der Waals surface area contributed by atoms with Crippen LogP contribution in [0.4, 0.5) is 0 Å². The average Bonchev–Trinajstić information content (AvgIpc) is 2.65. The van der Waals surface area contributed by atoms with Crippen LogP contribution >= 0.6 is 0 Å². The second-order valence-electron chi connectivity index (χ2n) is 3.67. The maximum atomic E-state index is 4.27. The van der Waals surface area contributed by atoms with Crippen molar-refractivity contribution in [2.45, 2.75) is 32.7 Å². The third kappa shape index (κ3) is 2.20. The van der Waals surface area contributed by atoms with Crippen LogP contribution < -0.4 is 0 Å². The molecule has 15 heavy (non-hydrogen) atoms. The van der Waals surface area contributed by atoms with Crippen molar-refractivity contribution in [1.82, 2.24) is 5.01 Å². The van der Waals surface area contributed by atoms with Crippen molar-refractivity contribution in [2.75, 3.05) is 7.05 Å². The van der Waals surface area contributed by atoms with Gasteiger partial charge in [0.05, 0.1) is 5.54 Å². The van der Waals surface area contributed by atoms with Crippen molar-refractivity contribution in [3.8, 4) is 0 Å². The monoisotopic (exact) mass is 204 g/mol. The quantitative estimate of drug-likeness (QED) is 0.685. The Labute approximate surface area is 92.6 Å². The van der Waals surface area contributed by atoms with Crippen LogP contribution in [0.2, 0.25) is 0 Å². The van der Waals surface area contributed by atoms with E-state index in [2.05, 4.69) is 36.3 Å². The molecule has 1 aliphatic rings. The highest BCUT2D eigenvalue weighted by molar-refractivity contribution is 5.62. The van der Waals surface area contributed by atoms with Gasteiger partial charge in [-0.1, -0.05) is 44.2 Å². The Hall–Kier alpha value is -1.31. The minimum Gasteiger partial charge on any atom is -0.290 e. The molecular weight excluding hydrogens is 184 g/mol. The van der Waals surface area contributed by atoms with E-state index in [0.29, 0.717) is 0 Å². The number of hydrogen-bond acceptors (Lipinski definition) is 2. The van der Waals surface area contributed by atoms with Gasteiger partial charge in [0.25, 0.3) is 0 Å². The smallest absolute Gasteiger partial charge is 0.0845 e. The highest BCUT2D eigenvalue weighted by atomic mass is 15.5. The van der Waals surface area contributed by atoms with Crippen LogP contribution in [0.3, 0.4) is 0 Å². The van der Waals surface area contributed by atoms with E-state index in [-0.39, 0.29) is 5.54 Å². The van der Waals surface area contributed by atoms with Crippen LogP contribution in [-0.4, -0.2) is 18.3 Å². The maximum absolute atomic E-state index is 4.27. The minimum atomic E-state index is 0.0568. The number of hydrogen-bond donors (Lipinski definition) is 0. The third-order valence-electron chi connectivity index (χ3n) is 2.85. The van der Waals surface area contributed by atoms with Gasteiger partial charge >= 0.3 is 0 Å². The summed E-state index contributed by atoms with van der Waals surface area (Å²) < 4.78 is 0. The Balaban J connectivity index is 0.000000531. The Bertz CT molecular complexity index is 319. The van der Waals surface area contributed by atoms with E-state index in [1.54, 1.807) is 0 Å². The lowest BCUT2D eigenvalue weighted by molar-refractivity contribution is 0.174. The van der Waals surface area contributed by atoms with Gasteiger partial charge in [-0.15, -0.1) is 0 Å². The van der Waals surface area contributed by atoms with Crippen LogP contribution in [0.5, 0.6) is 0 Å². The summed E-state index contributed by atoms with van der Waals surface area (Å²) in [4.78, 5) is 0. The van der Waals surface area contributed by atoms with Crippen molar-refractivity contribution in [3.63, 3.8) is 0 Å². The highest BCUT2D eigenvalue weighted by Crippen LogP contribution is 2.33. The molecule has 0 bridgehead atoms. The van der Waals surface area contributed by atoms with E-state index in [4.69, 9.17) is 0 Å². The molecule has 1 atom stereocenters. The first-order valence-electron chi connectivity index (χ1n) is 5.55. The molecule has 2 rings (SSSR count). The number of rotatable bonds is 1. The molecule has 1 aromatic carbocycles. The van der Waals surface area contributed by atoms with Crippen molar-refractivity contribution in [2.24, 2.45) is 5.10 Å². The Morgan fingerprint density at radius 3 is 2.27 bits per heavy atom. The molecule has 82 valence electrons. The molecular formula is C13H20N2. The zero-order chi connectivity index (χ0) is 11.3. The van der Waals surface area contributed by atoms with E-state index in [1.807, 2.05) is 38.2 Å². The molecule has 0 spiro atoms. The largest absolute Gasteiger partial charge is 0.290 e. The second-order valence-corrected chi connectivity index (χ2v) is 3.67. The molecule has 1 aliphatic heterocycles. The molecule has 0 radical (unpaired) electrons. The van der Waals surface area contributed by atoms with Crippen LogP contribution in [0.25, 0.3) is 0 Å². The third-order valence-corrected chi connectivity index (χ3v) is 2.85. The highest BCUT2D eigenvalue weighted by Gasteiger charge is 2.33. The summed E-state index contributed by atoms with van der Waals surface area (Å²) >= 11 is 0. The van der Waals surface area contributed by atoms with E-state index >= 15 is 0 Å². The van der Waals surface area contributed by atoms with Crippen LogP contribution in [-0.2, 0) is 5.54 Å². The summed E-state index contributed by atoms with van der Waals surface area (Å²) in [5.41, 5.74) is 1.39. The molecule has 0 N–H and O–H groups in total. The summed E-state index contributed by atoms with van der Waals surface area (Å²) in [6.45, 7) is 6.22. The van der Waals surface area contributed by atoms with Crippen molar-refractivity contribution in [1.29, 1.82) is 0 Å². The van der Waals surface area contributed by atoms with Gasteiger partial charge in [0, 0.05) is 19.7 Å². The molecule has 1 unspecified atom stereocenters. The fourth-order valence-electron chi connectivity index (χ4n) is 1.70. The Morgan fingerprint density at radius 1 is 1.20 bits per heavy atom. The minimum absolute atomic E-state index is 0.0568. The number of benzene rings is 1. The first-order chi connectivity index (χ1) is 7.23. The van der Waals surface area contributed by atoms with Crippen LogP contribution in [0.1, 0.15) is 32.8 Å². The Morgan fingerprint density at radius 2 is 1.80 bits per heavy atom. The predicted octanol–water partition coefficient (Wildman–Crippen LogP) is 3.25. The van der Waals surface area contributed by atoms with E-state index in [9.17, 15) is 0 Å². The fraction of sp³-hybridized carbons (Fsp3) is 0.462. The van der Waals surface area contributed by atoms with Gasteiger partial charge in [-0.05, 0) is 12.5 Å². The van der Waals surface area contributed by atoms with Gasteiger partial charge in [0.2, 0.25) is 0 Å². The zero-order valence-corrected chi connectivity index (χ0v) is 10.1. The number of hydrazone groups is 1. The van der Waals surface area contributed by atoms with Gasteiger partial charge in [-0.25, -0.2) is 0 Å². The van der Waals surface area contributed by atoms with Crippen molar-refractivity contribution in [3.05, 3.63) is 35.9 Å². The topological polar surface area (TPSA) is 15.6 Å². The van der Waals surface area contributed by atoms with E-state index in [0.717, 1.165) is 6.42 Å².